The van der Waals surface area contributed by atoms with Gasteiger partial charge in [0.25, 0.3) is 0 Å². The molecule has 1 aliphatic rings. The Labute approximate surface area is 202 Å². The van der Waals surface area contributed by atoms with Crippen LogP contribution in [0.25, 0.3) is 33.1 Å². The summed E-state index contributed by atoms with van der Waals surface area (Å²) in [7, 11) is -3.35. The number of nitrogens with zero attached hydrogens (tertiary/aromatic N) is 4. The standard InChI is InChI=1S/C26H23N5O3S/c1-16-29-23-6-3-18(12-24(23)30-16)17-4-8-25-19(11-17)14-31(9-10-34-25)26-21-13-20(35(2,32)33)5-7-22(21)27-15-28-26/h3-8,11-13,15H,9-10,14H2,1-2H3,(H,29,30). The van der Waals surface area contributed by atoms with E-state index in [2.05, 4.69) is 49.1 Å². The summed E-state index contributed by atoms with van der Waals surface area (Å²) in [6, 6.07) is 17.4. The van der Waals surface area contributed by atoms with Crippen LogP contribution in [0.1, 0.15) is 11.4 Å². The molecule has 0 fully saturated rings. The second-order valence-electron chi connectivity index (χ2n) is 8.80. The molecule has 3 aromatic carbocycles. The fourth-order valence-corrected chi connectivity index (χ4v) is 5.22. The maximum atomic E-state index is 12.2. The van der Waals surface area contributed by atoms with Crippen molar-refractivity contribution in [2.45, 2.75) is 18.4 Å². The van der Waals surface area contributed by atoms with Gasteiger partial charge in [0, 0.05) is 23.8 Å². The number of benzene rings is 3. The fraction of sp³-hybridized carbons (Fsp3) is 0.192. The molecule has 2 aromatic heterocycles. The maximum Gasteiger partial charge on any atom is 0.175 e. The molecule has 0 atom stereocenters. The summed E-state index contributed by atoms with van der Waals surface area (Å²) < 4.78 is 30.4. The van der Waals surface area contributed by atoms with Gasteiger partial charge in [0.15, 0.2) is 9.84 Å². The predicted octanol–water partition coefficient (Wildman–Crippen LogP) is 4.28. The predicted molar refractivity (Wildman–Crippen MR) is 135 cm³/mol. The van der Waals surface area contributed by atoms with Gasteiger partial charge >= 0.3 is 0 Å². The van der Waals surface area contributed by atoms with E-state index in [1.807, 2.05) is 19.1 Å². The van der Waals surface area contributed by atoms with Crippen LogP contribution in [0.4, 0.5) is 5.82 Å². The highest BCUT2D eigenvalue weighted by atomic mass is 32.2. The number of aryl methyl sites for hydroxylation is 1. The Morgan fingerprint density at radius 2 is 1.77 bits per heavy atom. The molecule has 0 unspecified atom stereocenters. The number of H-pyrrole nitrogens is 1. The minimum absolute atomic E-state index is 0.249. The summed E-state index contributed by atoms with van der Waals surface area (Å²) >= 11 is 0. The van der Waals surface area contributed by atoms with E-state index < -0.39 is 9.84 Å². The Balaban J connectivity index is 1.40. The number of ether oxygens (including phenoxy) is 1. The van der Waals surface area contributed by atoms with Gasteiger partial charge in [-0.2, -0.15) is 0 Å². The molecule has 0 saturated heterocycles. The third kappa shape index (κ3) is 3.97. The maximum absolute atomic E-state index is 12.2. The second kappa shape index (κ2) is 8.06. The van der Waals surface area contributed by atoms with Crippen molar-refractivity contribution in [1.82, 2.24) is 19.9 Å². The van der Waals surface area contributed by atoms with Crippen LogP contribution in [0.5, 0.6) is 5.75 Å². The zero-order valence-corrected chi connectivity index (χ0v) is 20.1. The highest BCUT2D eigenvalue weighted by Gasteiger charge is 2.21. The van der Waals surface area contributed by atoms with Gasteiger partial charge in [-0.3, -0.25) is 0 Å². The van der Waals surface area contributed by atoms with Crippen LogP contribution in [0.15, 0.2) is 65.8 Å². The average molecular weight is 486 g/mol. The van der Waals surface area contributed by atoms with E-state index in [1.54, 1.807) is 18.2 Å². The Hall–Kier alpha value is -3.98. The summed E-state index contributed by atoms with van der Waals surface area (Å²) in [4.78, 5) is 19.0. The van der Waals surface area contributed by atoms with E-state index in [0.29, 0.717) is 36.4 Å². The van der Waals surface area contributed by atoms with Gasteiger partial charge in [0.1, 0.15) is 30.3 Å². The molecule has 0 aliphatic carbocycles. The first-order valence-corrected chi connectivity index (χ1v) is 13.2. The van der Waals surface area contributed by atoms with Crippen LogP contribution in [0.2, 0.25) is 0 Å². The molecule has 6 rings (SSSR count). The van der Waals surface area contributed by atoms with Crippen molar-refractivity contribution in [3.05, 3.63) is 72.3 Å². The molecule has 9 heteroatoms. The first-order valence-electron chi connectivity index (χ1n) is 11.3. The average Bonchev–Trinajstić information content (AvgIpc) is 3.08. The van der Waals surface area contributed by atoms with Gasteiger partial charge in [-0.05, 0) is 60.5 Å². The lowest BCUT2D eigenvalue weighted by molar-refractivity contribution is 0.331. The van der Waals surface area contributed by atoms with E-state index in [-0.39, 0.29) is 4.90 Å². The van der Waals surface area contributed by atoms with Crippen molar-refractivity contribution < 1.29 is 13.2 Å². The van der Waals surface area contributed by atoms with Gasteiger partial charge in [0.05, 0.1) is 28.0 Å². The molecule has 1 N–H and O–H groups in total. The van der Waals surface area contributed by atoms with Crippen molar-refractivity contribution in [3.8, 4) is 16.9 Å². The smallest absolute Gasteiger partial charge is 0.175 e. The Morgan fingerprint density at radius 1 is 0.971 bits per heavy atom. The number of sulfone groups is 1. The summed E-state index contributed by atoms with van der Waals surface area (Å²) in [6.45, 7) is 3.62. The summed E-state index contributed by atoms with van der Waals surface area (Å²) in [5.74, 6) is 2.42. The molecular weight excluding hydrogens is 462 g/mol. The van der Waals surface area contributed by atoms with Gasteiger partial charge < -0.3 is 14.6 Å². The van der Waals surface area contributed by atoms with Crippen LogP contribution in [-0.2, 0) is 16.4 Å². The summed E-state index contributed by atoms with van der Waals surface area (Å²) in [5, 5.41) is 0.704. The number of hydrogen-bond donors (Lipinski definition) is 1. The highest BCUT2D eigenvalue weighted by Crippen LogP contribution is 2.33. The molecule has 5 aromatic rings. The molecule has 3 heterocycles. The zero-order valence-electron chi connectivity index (χ0n) is 19.3. The van der Waals surface area contributed by atoms with Gasteiger partial charge in [-0.25, -0.2) is 23.4 Å². The van der Waals surface area contributed by atoms with Crippen LogP contribution in [0.3, 0.4) is 0 Å². The number of fused-ring (bicyclic) bond motifs is 3. The lowest BCUT2D eigenvalue weighted by Crippen LogP contribution is -2.26. The molecule has 0 radical (unpaired) electrons. The fourth-order valence-electron chi connectivity index (χ4n) is 4.58. The third-order valence-corrected chi connectivity index (χ3v) is 7.40. The first kappa shape index (κ1) is 21.5. The minimum Gasteiger partial charge on any atom is -0.491 e. The second-order valence-corrected chi connectivity index (χ2v) is 10.8. The highest BCUT2D eigenvalue weighted by molar-refractivity contribution is 7.90. The van der Waals surface area contributed by atoms with E-state index >= 15 is 0 Å². The SMILES string of the molecule is Cc1nc2ccc(-c3ccc4c(c3)CN(c3ncnc5ccc(S(C)(=O)=O)cc35)CCO4)cc2[nH]1. The van der Waals surface area contributed by atoms with Gasteiger partial charge in [0.2, 0.25) is 0 Å². The van der Waals surface area contributed by atoms with E-state index in [4.69, 9.17) is 4.74 Å². The number of nitrogens with one attached hydrogen (secondary N) is 1. The van der Waals surface area contributed by atoms with Crippen LogP contribution < -0.4 is 9.64 Å². The molecule has 176 valence electrons. The lowest BCUT2D eigenvalue weighted by atomic mass is 10.0. The minimum atomic E-state index is -3.35. The van der Waals surface area contributed by atoms with Gasteiger partial charge in [-0.15, -0.1) is 0 Å². The van der Waals surface area contributed by atoms with Crippen molar-refractivity contribution in [3.63, 3.8) is 0 Å². The Morgan fingerprint density at radius 3 is 2.63 bits per heavy atom. The summed E-state index contributed by atoms with van der Waals surface area (Å²) in [5.41, 5.74) is 5.85. The zero-order chi connectivity index (χ0) is 24.2. The summed E-state index contributed by atoms with van der Waals surface area (Å²) in [6.07, 6.45) is 2.72. The number of aromatic nitrogens is 4. The normalized spacial score (nSPS) is 14.1. The van der Waals surface area contributed by atoms with Gasteiger partial charge in [-0.1, -0.05) is 12.1 Å². The monoisotopic (exact) mass is 485 g/mol. The molecule has 0 bridgehead atoms. The van der Waals surface area contributed by atoms with Crippen LogP contribution in [0, 0.1) is 6.92 Å². The largest absolute Gasteiger partial charge is 0.491 e. The van der Waals surface area contributed by atoms with Crippen LogP contribution in [-0.4, -0.2) is 47.8 Å². The van der Waals surface area contributed by atoms with Crippen molar-refractivity contribution >= 4 is 37.6 Å². The lowest BCUT2D eigenvalue weighted by Gasteiger charge is -2.22. The van der Waals surface area contributed by atoms with E-state index in [9.17, 15) is 8.42 Å². The van der Waals surface area contributed by atoms with E-state index in [0.717, 1.165) is 39.3 Å². The Kier molecular flexibility index (Phi) is 4.96. The first-order chi connectivity index (χ1) is 16.8. The number of rotatable bonds is 3. The topological polar surface area (TPSA) is 101 Å². The number of hydrogen-bond acceptors (Lipinski definition) is 7. The quantitative estimate of drug-likeness (QED) is 0.407. The number of anilines is 1. The molecule has 0 saturated carbocycles. The van der Waals surface area contributed by atoms with Crippen LogP contribution >= 0.6 is 0 Å². The third-order valence-electron chi connectivity index (χ3n) is 6.29. The molecule has 8 nitrogen and oxygen atoms in total. The molecule has 0 amide bonds. The van der Waals surface area contributed by atoms with E-state index in [1.165, 1.54) is 12.6 Å². The number of aromatic amines is 1. The van der Waals surface area contributed by atoms with Crippen molar-refractivity contribution in [1.29, 1.82) is 0 Å². The molecule has 0 spiro atoms. The van der Waals surface area contributed by atoms with Crippen molar-refractivity contribution in [2.75, 3.05) is 24.3 Å². The molecule has 1 aliphatic heterocycles. The molecular formula is C26H23N5O3S. The van der Waals surface area contributed by atoms with Crippen molar-refractivity contribution in [2.24, 2.45) is 0 Å². The number of imidazole rings is 1. The Bertz CT molecular complexity index is 1710. The molecule has 35 heavy (non-hydrogen) atoms.